The van der Waals surface area contributed by atoms with Gasteiger partial charge in [0.1, 0.15) is 6.04 Å². The maximum atomic E-state index is 13.7. The fourth-order valence-electron chi connectivity index (χ4n) is 3.69. The normalized spacial score (nSPS) is 12.6. The zero-order chi connectivity index (χ0) is 26.1. The van der Waals surface area contributed by atoms with E-state index in [0.29, 0.717) is 16.5 Å². The molecule has 0 fully saturated rings. The van der Waals surface area contributed by atoms with Crippen molar-refractivity contribution in [3.63, 3.8) is 0 Å². The lowest BCUT2D eigenvalue weighted by atomic mass is 10.0. The van der Waals surface area contributed by atoms with E-state index in [9.17, 15) is 9.59 Å². The maximum Gasteiger partial charge on any atom is 0.243 e. The van der Waals surface area contributed by atoms with Gasteiger partial charge in [-0.3, -0.25) is 9.59 Å². The van der Waals surface area contributed by atoms with Crippen molar-refractivity contribution in [3.05, 3.63) is 99.5 Å². The van der Waals surface area contributed by atoms with E-state index in [2.05, 4.69) is 5.32 Å². The van der Waals surface area contributed by atoms with Crippen LogP contribution in [0.4, 0.5) is 0 Å². The van der Waals surface area contributed by atoms with Crippen molar-refractivity contribution in [2.24, 2.45) is 0 Å². The third-order valence-corrected chi connectivity index (χ3v) is 7.73. The molecule has 0 aliphatic rings. The molecule has 2 atom stereocenters. The smallest absolute Gasteiger partial charge is 0.243 e. The molecule has 0 radical (unpaired) electrons. The fourth-order valence-corrected chi connectivity index (χ4v) is 4.80. The number of hydrogen-bond acceptors (Lipinski definition) is 3. The predicted molar refractivity (Wildman–Crippen MR) is 151 cm³/mol. The van der Waals surface area contributed by atoms with Gasteiger partial charge in [0.05, 0.1) is 15.8 Å². The van der Waals surface area contributed by atoms with Crippen molar-refractivity contribution < 1.29 is 9.59 Å². The van der Waals surface area contributed by atoms with Gasteiger partial charge in [0.15, 0.2) is 0 Å². The van der Waals surface area contributed by atoms with E-state index in [1.165, 1.54) is 11.8 Å². The molecule has 0 spiro atoms. The molecule has 36 heavy (non-hydrogen) atoms. The molecule has 4 nitrogen and oxygen atoms in total. The quantitative estimate of drug-likeness (QED) is 0.266. The van der Waals surface area contributed by atoms with Gasteiger partial charge < -0.3 is 10.2 Å². The predicted octanol–water partition coefficient (Wildman–Crippen LogP) is 6.95. The van der Waals surface area contributed by atoms with Crippen molar-refractivity contribution in [1.29, 1.82) is 0 Å². The summed E-state index contributed by atoms with van der Waals surface area (Å²) in [6, 6.07) is 22.5. The van der Waals surface area contributed by atoms with E-state index >= 15 is 0 Å². The highest BCUT2D eigenvalue weighted by Gasteiger charge is 2.31. The second kappa shape index (κ2) is 13.7. The second-order valence-electron chi connectivity index (χ2n) is 8.90. The summed E-state index contributed by atoms with van der Waals surface area (Å²) in [5.41, 5.74) is 2.96. The first kappa shape index (κ1) is 28.1. The van der Waals surface area contributed by atoms with Crippen molar-refractivity contribution in [3.8, 4) is 0 Å². The topological polar surface area (TPSA) is 49.4 Å². The largest absolute Gasteiger partial charge is 0.352 e. The molecular formula is C29H32Cl2N2O2S. The minimum Gasteiger partial charge on any atom is -0.352 e. The molecule has 0 unspecified atom stereocenters. The highest BCUT2D eigenvalue weighted by Crippen LogP contribution is 2.25. The molecule has 0 saturated carbocycles. The average Bonchev–Trinajstić information content (AvgIpc) is 2.88. The van der Waals surface area contributed by atoms with Crippen LogP contribution in [0.15, 0.2) is 77.7 Å². The number of nitrogens with one attached hydrogen (secondary N) is 1. The number of rotatable bonds is 11. The Balaban J connectivity index is 1.92. The summed E-state index contributed by atoms with van der Waals surface area (Å²) in [5, 5.41) is 3.95. The first-order chi connectivity index (χ1) is 17.3. The molecule has 190 valence electrons. The van der Waals surface area contributed by atoms with Crippen molar-refractivity contribution >= 4 is 46.8 Å². The molecular weight excluding hydrogens is 511 g/mol. The van der Waals surface area contributed by atoms with E-state index in [1.807, 2.05) is 81.4 Å². The van der Waals surface area contributed by atoms with Crippen LogP contribution in [0.3, 0.4) is 0 Å². The molecule has 0 aliphatic heterocycles. The summed E-state index contributed by atoms with van der Waals surface area (Å²) in [6.45, 7) is 6.27. The van der Waals surface area contributed by atoms with Crippen LogP contribution in [0.5, 0.6) is 0 Å². The molecule has 0 aliphatic carbocycles. The summed E-state index contributed by atoms with van der Waals surface area (Å²) in [5.74, 6) is -0.0689. The summed E-state index contributed by atoms with van der Waals surface area (Å²) >= 11 is 13.9. The number of thioether (sulfide) groups is 1. The summed E-state index contributed by atoms with van der Waals surface area (Å²) < 4.78 is 0. The van der Waals surface area contributed by atoms with E-state index < -0.39 is 6.04 Å². The van der Waals surface area contributed by atoms with Gasteiger partial charge in [-0.25, -0.2) is 0 Å². The van der Waals surface area contributed by atoms with Crippen molar-refractivity contribution in [2.75, 3.05) is 5.75 Å². The van der Waals surface area contributed by atoms with E-state index in [1.54, 1.807) is 17.0 Å². The van der Waals surface area contributed by atoms with E-state index in [0.717, 1.165) is 28.0 Å². The Labute approximate surface area is 228 Å². The lowest BCUT2D eigenvalue weighted by Gasteiger charge is -2.32. The second-order valence-corrected chi connectivity index (χ2v) is 10.8. The number of hydrogen-bond donors (Lipinski definition) is 1. The molecule has 0 aromatic heterocycles. The van der Waals surface area contributed by atoms with Gasteiger partial charge in [-0.1, -0.05) is 84.2 Å². The number of aryl methyl sites for hydroxylation is 1. The minimum absolute atomic E-state index is 0.000338. The maximum absolute atomic E-state index is 13.7. The van der Waals surface area contributed by atoms with E-state index in [-0.39, 0.29) is 30.2 Å². The Morgan fingerprint density at radius 1 is 0.944 bits per heavy atom. The fraction of sp³-hybridized carbons (Fsp3) is 0.310. The number of carbonyl (C=O) groups is 2. The average molecular weight is 544 g/mol. The molecule has 2 amide bonds. The summed E-state index contributed by atoms with van der Waals surface area (Å²) in [7, 11) is 0. The van der Waals surface area contributed by atoms with Crippen LogP contribution in [0.1, 0.15) is 37.0 Å². The Morgan fingerprint density at radius 3 is 2.28 bits per heavy atom. The van der Waals surface area contributed by atoms with Crippen LogP contribution in [0, 0.1) is 6.92 Å². The van der Waals surface area contributed by atoms with Gasteiger partial charge in [-0.15, -0.1) is 11.8 Å². The lowest BCUT2D eigenvalue weighted by molar-refractivity contribution is -0.139. The Bertz CT molecular complexity index is 1160. The first-order valence-corrected chi connectivity index (χ1v) is 13.8. The van der Waals surface area contributed by atoms with Crippen LogP contribution in [-0.4, -0.2) is 34.6 Å². The first-order valence-electron chi connectivity index (χ1n) is 12.0. The molecule has 3 aromatic rings. The van der Waals surface area contributed by atoms with Crippen LogP contribution in [0.25, 0.3) is 0 Å². The third-order valence-electron chi connectivity index (χ3n) is 5.99. The molecule has 3 aromatic carbocycles. The molecule has 1 N–H and O–H groups in total. The highest BCUT2D eigenvalue weighted by atomic mass is 35.5. The number of nitrogens with zero attached hydrogens (tertiary/aromatic N) is 1. The van der Waals surface area contributed by atoms with E-state index in [4.69, 9.17) is 23.2 Å². The third kappa shape index (κ3) is 8.29. The molecule has 0 bridgehead atoms. The Kier molecular flexibility index (Phi) is 10.7. The van der Waals surface area contributed by atoms with Gasteiger partial charge in [-0.2, -0.15) is 0 Å². The minimum atomic E-state index is -0.679. The molecule has 0 heterocycles. The molecule has 0 saturated heterocycles. The van der Waals surface area contributed by atoms with Gasteiger partial charge in [0.2, 0.25) is 11.8 Å². The van der Waals surface area contributed by atoms with Gasteiger partial charge in [0, 0.05) is 23.9 Å². The zero-order valence-corrected chi connectivity index (χ0v) is 23.2. The van der Waals surface area contributed by atoms with Crippen molar-refractivity contribution in [2.45, 2.75) is 57.1 Å². The van der Waals surface area contributed by atoms with Gasteiger partial charge in [-0.05, 0) is 55.7 Å². The summed E-state index contributed by atoms with van der Waals surface area (Å²) in [4.78, 5) is 29.9. The zero-order valence-electron chi connectivity index (χ0n) is 20.8. The number of carbonyl (C=O) groups excluding carboxylic acids is 2. The summed E-state index contributed by atoms with van der Waals surface area (Å²) in [6.07, 6.45) is 1.21. The van der Waals surface area contributed by atoms with Crippen LogP contribution >= 0.6 is 35.0 Å². The Hall–Kier alpha value is -2.47. The monoisotopic (exact) mass is 542 g/mol. The highest BCUT2D eigenvalue weighted by molar-refractivity contribution is 8.00. The standard InChI is InChI=1S/C29H32Cl2N2O2S/c1-4-21(3)32-29(35)27(17-22-8-6-5-7-9-22)33(18-23-12-15-25(30)26(31)16-23)28(34)19-36-24-13-10-20(2)11-14-24/h5-16,21,27H,4,17-19H2,1-3H3,(H,32,35)/t21-,27-/m0/s1. The Morgan fingerprint density at radius 2 is 1.64 bits per heavy atom. The van der Waals surface area contributed by atoms with Gasteiger partial charge in [0.25, 0.3) is 0 Å². The van der Waals surface area contributed by atoms with Crippen molar-refractivity contribution in [1.82, 2.24) is 10.2 Å². The van der Waals surface area contributed by atoms with Gasteiger partial charge >= 0.3 is 0 Å². The molecule has 7 heteroatoms. The van der Waals surface area contributed by atoms with Crippen LogP contribution < -0.4 is 5.32 Å². The lowest BCUT2D eigenvalue weighted by Crippen LogP contribution is -2.52. The number of amides is 2. The SMILES string of the molecule is CC[C@H](C)NC(=O)[C@H](Cc1ccccc1)N(Cc1ccc(Cl)c(Cl)c1)C(=O)CSc1ccc(C)cc1. The number of benzene rings is 3. The molecule has 3 rings (SSSR count). The van der Waals surface area contributed by atoms with Crippen LogP contribution in [0.2, 0.25) is 10.0 Å². The van der Waals surface area contributed by atoms with Crippen LogP contribution in [-0.2, 0) is 22.6 Å². The number of halogens is 2.